The normalized spacial score (nSPS) is 12.7. The van der Waals surface area contributed by atoms with Gasteiger partial charge in [0.05, 0.1) is 0 Å². The predicted octanol–water partition coefficient (Wildman–Crippen LogP) is 22.4. The molecule has 0 heterocycles. The van der Waals surface area contributed by atoms with Crippen LogP contribution in [0, 0.1) is 0 Å². The van der Waals surface area contributed by atoms with Crippen molar-refractivity contribution in [2.75, 3.05) is 13.2 Å². The summed E-state index contributed by atoms with van der Waals surface area (Å²) in [5.74, 6) is -0.882. The van der Waals surface area contributed by atoms with Crippen LogP contribution >= 0.6 is 0 Å². The molecule has 0 aliphatic rings. The maximum atomic E-state index is 12.9. The zero-order valence-corrected chi connectivity index (χ0v) is 50.7. The van der Waals surface area contributed by atoms with Crippen LogP contribution in [0.5, 0.6) is 0 Å². The summed E-state index contributed by atoms with van der Waals surface area (Å²) in [7, 11) is 0. The summed E-state index contributed by atoms with van der Waals surface area (Å²) < 4.78 is 16.9. The number of unbranched alkanes of at least 4 members (excludes halogenated alkanes) is 32. The van der Waals surface area contributed by atoms with Gasteiger partial charge in [0.1, 0.15) is 13.2 Å². The zero-order valence-electron chi connectivity index (χ0n) is 50.7. The highest BCUT2D eigenvalue weighted by molar-refractivity contribution is 5.71. The molecule has 0 saturated heterocycles. The van der Waals surface area contributed by atoms with Crippen molar-refractivity contribution in [3.05, 3.63) is 97.2 Å². The topological polar surface area (TPSA) is 78.9 Å². The van der Waals surface area contributed by atoms with Gasteiger partial charge in [0.2, 0.25) is 0 Å². The number of hydrogen-bond acceptors (Lipinski definition) is 6. The molecule has 0 radical (unpaired) electrons. The van der Waals surface area contributed by atoms with Crippen LogP contribution in [-0.4, -0.2) is 37.2 Å². The lowest BCUT2D eigenvalue weighted by atomic mass is 10.0. The van der Waals surface area contributed by atoms with Gasteiger partial charge in [-0.1, -0.05) is 291 Å². The van der Waals surface area contributed by atoms with E-state index in [4.69, 9.17) is 14.2 Å². The summed E-state index contributed by atoms with van der Waals surface area (Å²) in [4.78, 5) is 38.3. The lowest BCUT2D eigenvalue weighted by Crippen LogP contribution is -2.30. The minimum Gasteiger partial charge on any atom is -0.462 e. The van der Waals surface area contributed by atoms with Crippen LogP contribution in [0.2, 0.25) is 0 Å². The Labute approximate surface area is 477 Å². The minimum absolute atomic E-state index is 0.0801. The standard InChI is InChI=1S/C71H122O6/c1-4-7-10-13-16-19-22-25-27-28-29-30-31-32-33-34-35-36-37-38-39-40-41-42-44-46-49-52-55-58-61-64-70(73)76-67-68(66-75-69(72)63-60-57-54-51-48-45-24-21-18-15-12-9-6-3)77-71(74)65-62-59-56-53-50-47-43-26-23-20-17-14-11-8-5-2/h7,10,16,19,21,24-25,27,29-30,32-33,35-36,38-39,68H,4-6,8-9,11-15,17-18,20,22-23,26,28,31,34,37,40-67H2,1-3H3/b10-7-,19-16-,24-21-,27-25-,30-29-,33-32-,36-35-,39-38-. The van der Waals surface area contributed by atoms with Crippen LogP contribution in [-0.2, 0) is 28.6 Å². The Hall–Kier alpha value is -3.67. The van der Waals surface area contributed by atoms with E-state index in [2.05, 4.69) is 118 Å². The Morgan fingerprint density at radius 1 is 0.273 bits per heavy atom. The highest BCUT2D eigenvalue weighted by atomic mass is 16.6. The van der Waals surface area contributed by atoms with Gasteiger partial charge in [-0.25, -0.2) is 0 Å². The zero-order chi connectivity index (χ0) is 55.7. The second-order valence-corrected chi connectivity index (χ2v) is 21.6. The molecule has 0 aromatic heterocycles. The molecule has 0 aromatic rings. The van der Waals surface area contributed by atoms with E-state index < -0.39 is 6.10 Å². The Morgan fingerprint density at radius 3 is 0.818 bits per heavy atom. The van der Waals surface area contributed by atoms with E-state index in [1.54, 1.807) is 0 Å². The SMILES string of the molecule is CC/C=C\C/C=C\C/C=C\C/C=C\C/C=C\C/C=C\C/C=C\CCCCCCCCCCCC(=O)OCC(COC(=O)CCCCCCC/C=C\CCCCCC)OC(=O)CCCCCCCCCCCCCCCCC. The summed E-state index contributed by atoms with van der Waals surface area (Å²) in [5.41, 5.74) is 0. The van der Waals surface area contributed by atoms with Gasteiger partial charge >= 0.3 is 17.9 Å². The Morgan fingerprint density at radius 2 is 0.506 bits per heavy atom. The third-order valence-corrected chi connectivity index (χ3v) is 14.1. The van der Waals surface area contributed by atoms with Crippen molar-refractivity contribution >= 4 is 17.9 Å². The molecule has 0 aliphatic heterocycles. The number of ether oxygens (including phenoxy) is 3. The predicted molar refractivity (Wildman–Crippen MR) is 334 cm³/mol. The monoisotopic (exact) mass is 1070 g/mol. The van der Waals surface area contributed by atoms with Crippen molar-refractivity contribution in [2.24, 2.45) is 0 Å². The molecule has 0 aromatic carbocycles. The molecule has 0 N–H and O–H groups in total. The molecular formula is C71H122O6. The molecule has 0 fully saturated rings. The smallest absolute Gasteiger partial charge is 0.306 e. The lowest BCUT2D eigenvalue weighted by molar-refractivity contribution is -0.167. The van der Waals surface area contributed by atoms with Crippen molar-refractivity contribution in [1.29, 1.82) is 0 Å². The molecule has 77 heavy (non-hydrogen) atoms. The van der Waals surface area contributed by atoms with E-state index in [0.29, 0.717) is 19.3 Å². The maximum absolute atomic E-state index is 12.9. The number of allylic oxidation sites excluding steroid dienone is 16. The Balaban J connectivity index is 4.25. The molecule has 0 saturated carbocycles. The van der Waals surface area contributed by atoms with E-state index in [-0.39, 0.29) is 31.1 Å². The van der Waals surface area contributed by atoms with Crippen molar-refractivity contribution in [2.45, 2.75) is 322 Å². The van der Waals surface area contributed by atoms with Crippen molar-refractivity contribution in [3.63, 3.8) is 0 Å². The highest BCUT2D eigenvalue weighted by Gasteiger charge is 2.19. The number of carbonyl (C=O) groups is 3. The maximum Gasteiger partial charge on any atom is 0.306 e. The molecule has 0 bridgehead atoms. The number of rotatable bonds is 59. The van der Waals surface area contributed by atoms with E-state index in [9.17, 15) is 14.4 Å². The second kappa shape index (κ2) is 64.9. The molecule has 1 unspecified atom stereocenters. The Kier molecular flexibility index (Phi) is 61.8. The average Bonchev–Trinajstić information content (AvgIpc) is 3.43. The average molecular weight is 1070 g/mol. The largest absolute Gasteiger partial charge is 0.462 e. The summed E-state index contributed by atoms with van der Waals surface area (Å²) in [5, 5.41) is 0. The summed E-state index contributed by atoms with van der Waals surface area (Å²) >= 11 is 0. The van der Waals surface area contributed by atoms with E-state index in [1.165, 1.54) is 161 Å². The van der Waals surface area contributed by atoms with Crippen LogP contribution in [0.3, 0.4) is 0 Å². The fourth-order valence-electron chi connectivity index (χ4n) is 9.18. The van der Waals surface area contributed by atoms with Gasteiger partial charge in [-0.15, -0.1) is 0 Å². The summed E-state index contributed by atoms with van der Waals surface area (Å²) in [6, 6.07) is 0. The van der Waals surface area contributed by atoms with Crippen molar-refractivity contribution in [1.82, 2.24) is 0 Å². The molecule has 6 nitrogen and oxygen atoms in total. The third-order valence-electron chi connectivity index (χ3n) is 14.1. The summed E-state index contributed by atoms with van der Waals surface area (Å²) in [6.45, 7) is 6.53. The van der Waals surface area contributed by atoms with E-state index in [0.717, 1.165) is 116 Å². The van der Waals surface area contributed by atoms with Gasteiger partial charge in [-0.2, -0.15) is 0 Å². The first-order chi connectivity index (χ1) is 38.0. The molecule has 1 atom stereocenters. The fourth-order valence-corrected chi connectivity index (χ4v) is 9.18. The molecule has 0 spiro atoms. The summed E-state index contributed by atoms with van der Waals surface area (Å²) in [6.07, 6.45) is 87.0. The molecule has 0 amide bonds. The van der Waals surface area contributed by atoms with Gasteiger partial charge in [0.15, 0.2) is 6.10 Å². The van der Waals surface area contributed by atoms with Gasteiger partial charge < -0.3 is 14.2 Å². The highest BCUT2D eigenvalue weighted by Crippen LogP contribution is 2.16. The van der Waals surface area contributed by atoms with Crippen LogP contribution < -0.4 is 0 Å². The van der Waals surface area contributed by atoms with Crippen LogP contribution in [0.1, 0.15) is 316 Å². The third kappa shape index (κ3) is 63.0. The lowest BCUT2D eigenvalue weighted by Gasteiger charge is -2.18. The van der Waals surface area contributed by atoms with E-state index in [1.807, 2.05) is 0 Å². The molecule has 6 heteroatoms. The van der Waals surface area contributed by atoms with Crippen LogP contribution in [0.25, 0.3) is 0 Å². The first kappa shape index (κ1) is 73.3. The molecule has 442 valence electrons. The minimum atomic E-state index is -0.782. The van der Waals surface area contributed by atoms with Gasteiger partial charge in [-0.3, -0.25) is 14.4 Å². The number of hydrogen-bond donors (Lipinski definition) is 0. The number of carbonyl (C=O) groups excluding carboxylic acids is 3. The van der Waals surface area contributed by atoms with Crippen LogP contribution in [0.4, 0.5) is 0 Å². The Bertz CT molecular complexity index is 1510. The molecule has 0 aliphatic carbocycles. The second-order valence-electron chi connectivity index (χ2n) is 21.6. The fraction of sp³-hybridized carbons (Fsp3) is 0.732. The van der Waals surface area contributed by atoms with E-state index >= 15 is 0 Å². The number of esters is 3. The molecule has 0 rings (SSSR count). The van der Waals surface area contributed by atoms with Gasteiger partial charge in [0.25, 0.3) is 0 Å². The first-order valence-electron chi connectivity index (χ1n) is 32.7. The van der Waals surface area contributed by atoms with Crippen molar-refractivity contribution < 1.29 is 28.6 Å². The first-order valence-corrected chi connectivity index (χ1v) is 32.7. The van der Waals surface area contributed by atoms with Crippen LogP contribution in [0.15, 0.2) is 97.2 Å². The van der Waals surface area contributed by atoms with Gasteiger partial charge in [0, 0.05) is 19.3 Å². The molecular weight excluding hydrogens is 949 g/mol. The quantitative estimate of drug-likeness (QED) is 0.0261. The van der Waals surface area contributed by atoms with Crippen molar-refractivity contribution in [3.8, 4) is 0 Å². The van der Waals surface area contributed by atoms with Gasteiger partial charge in [-0.05, 0) is 103 Å².